The van der Waals surface area contributed by atoms with Crippen LogP contribution in [0.4, 0.5) is 5.82 Å². The van der Waals surface area contributed by atoms with Crippen molar-refractivity contribution in [1.82, 2.24) is 19.5 Å². The molecule has 1 saturated carbocycles. The molecule has 0 atom stereocenters. The summed E-state index contributed by atoms with van der Waals surface area (Å²) < 4.78 is 1.91. The topological polar surface area (TPSA) is 69.6 Å². The third kappa shape index (κ3) is 1.96. The molecule has 0 spiro atoms. The van der Waals surface area contributed by atoms with Crippen molar-refractivity contribution in [1.29, 1.82) is 0 Å². The smallest absolute Gasteiger partial charge is 0.180 e. The molecule has 2 heterocycles. The van der Waals surface area contributed by atoms with Crippen molar-refractivity contribution in [2.75, 3.05) is 5.73 Å². The molecule has 1 aliphatic rings. The van der Waals surface area contributed by atoms with Crippen molar-refractivity contribution in [3.8, 4) is 11.5 Å². The molecular weight excluding hydrogens is 226 g/mol. The van der Waals surface area contributed by atoms with E-state index < -0.39 is 0 Å². The number of aromatic nitrogens is 4. The molecule has 94 valence electrons. The van der Waals surface area contributed by atoms with Crippen LogP contribution in [-0.2, 0) is 7.05 Å². The highest BCUT2D eigenvalue weighted by molar-refractivity contribution is 5.52. The lowest BCUT2D eigenvalue weighted by Gasteiger charge is -2.11. The molecule has 0 aromatic carbocycles. The van der Waals surface area contributed by atoms with Crippen molar-refractivity contribution in [3.05, 3.63) is 24.3 Å². The van der Waals surface area contributed by atoms with E-state index in [-0.39, 0.29) is 0 Å². The van der Waals surface area contributed by atoms with Crippen LogP contribution < -0.4 is 5.73 Å². The van der Waals surface area contributed by atoms with Gasteiger partial charge in [0.2, 0.25) is 0 Å². The second-order valence-electron chi connectivity index (χ2n) is 4.91. The second-order valence-corrected chi connectivity index (χ2v) is 4.91. The maximum Gasteiger partial charge on any atom is 0.180 e. The van der Waals surface area contributed by atoms with E-state index in [1.165, 1.54) is 25.7 Å². The SMILES string of the molecule is Cn1cncc1-c1nc(N)cc(C2CCCC2)n1. The van der Waals surface area contributed by atoms with Gasteiger partial charge in [0, 0.05) is 24.7 Å². The third-order valence-electron chi connectivity index (χ3n) is 3.58. The van der Waals surface area contributed by atoms with Crippen LogP contribution in [-0.4, -0.2) is 19.5 Å². The Labute approximate surface area is 106 Å². The molecule has 0 aliphatic heterocycles. The average molecular weight is 243 g/mol. The van der Waals surface area contributed by atoms with Gasteiger partial charge < -0.3 is 10.3 Å². The fraction of sp³-hybridized carbons (Fsp3) is 0.462. The molecule has 0 amide bonds. The molecule has 1 aliphatic carbocycles. The van der Waals surface area contributed by atoms with Crippen LogP contribution >= 0.6 is 0 Å². The first-order valence-corrected chi connectivity index (χ1v) is 6.35. The van der Waals surface area contributed by atoms with Crippen LogP contribution in [0.25, 0.3) is 11.5 Å². The molecule has 3 rings (SSSR count). The zero-order valence-corrected chi connectivity index (χ0v) is 10.5. The fourth-order valence-electron chi connectivity index (χ4n) is 2.60. The lowest BCUT2D eigenvalue weighted by atomic mass is 10.0. The number of nitrogen functional groups attached to an aromatic ring is 1. The molecule has 0 bridgehead atoms. The first-order valence-electron chi connectivity index (χ1n) is 6.35. The summed E-state index contributed by atoms with van der Waals surface area (Å²) >= 11 is 0. The van der Waals surface area contributed by atoms with Crippen molar-refractivity contribution >= 4 is 5.82 Å². The standard InChI is InChI=1S/C13H17N5/c1-18-8-15-7-11(18)13-16-10(6-12(14)17-13)9-4-2-3-5-9/h6-9H,2-5H2,1H3,(H2,14,16,17). The normalized spacial score (nSPS) is 16.3. The molecule has 1 fully saturated rings. The van der Waals surface area contributed by atoms with Crippen LogP contribution in [0.5, 0.6) is 0 Å². The van der Waals surface area contributed by atoms with Crippen molar-refractivity contribution in [3.63, 3.8) is 0 Å². The summed E-state index contributed by atoms with van der Waals surface area (Å²) in [6.07, 6.45) is 8.51. The molecular formula is C13H17N5. The number of rotatable bonds is 2. The summed E-state index contributed by atoms with van der Waals surface area (Å²) in [5.74, 6) is 1.77. The molecule has 2 N–H and O–H groups in total. The predicted molar refractivity (Wildman–Crippen MR) is 69.9 cm³/mol. The van der Waals surface area contributed by atoms with Crippen LogP contribution in [0.2, 0.25) is 0 Å². The van der Waals surface area contributed by atoms with Crippen molar-refractivity contribution in [2.24, 2.45) is 7.05 Å². The highest BCUT2D eigenvalue weighted by Gasteiger charge is 2.20. The van der Waals surface area contributed by atoms with E-state index in [1.807, 2.05) is 17.7 Å². The number of nitrogens with zero attached hydrogens (tertiary/aromatic N) is 4. The fourth-order valence-corrected chi connectivity index (χ4v) is 2.60. The van der Waals surface area contributed by atoms with Crippen LogP contribution in [0.3, 0.4) is 0 Å². The Morgan fingerprint density at radius 3 is 2.72 bits per heavy atom. The quantitative estimate of drug-likeness (QED) is 0.877. The lowest BCUT2D eigenvalue weighted by molar-refractivity contribution is 0.695. The summed E-state index contributed by atoms with van der Waals surface area (Å²) in [4.78, 5) is 13.1. The largest absolute Gasteiger partial charge is 0.384 e. The molecule has 5 nitrogen and oxygen atoms in total. The number of nitrogens with two attached hydrogens (primary N) is 1. The van der Waals surface area contributed by atoms with Gasteiger partial charge in [-0.25, -0.2) is 15.0 Å². The van der Waals surface area contributed by atoms with Gasteiger partial charge in [0.15, 0.2) is 5.82 Å². The molecule has 0 radical (unpaired) electrons. The van der Waals surface area contributed by atoms with Gasteiger partial charge in [-0.05, 0) is 12.8 Å². The van der Waals surface area contributed by atoms with E-state index in [4.69, 9.17) is 5.73 Å². The maximum absolute atomic E-state index is 5.90. The lowest BCUT2D eigenvalue weighted by Crippen LogP contribution is -2.05. The highest BCUT2D eigenvalue weighted by atomic mass is 15.1. The van der Waals surface area contributed by atoms with E-state index in [0.717, 1.165) is 11.4 Å². The van der Waals surface area contributed by atoms with Crippen molar-refractivity contribution in [2.45, 2.75) is 31.6 Å². The number of hydrogen-bond acceptors (Lipinski definition) is 4. The van der Waals surface area contributed by atoms with Crippen LogP contribution in [0.15, 0.2) is 18.6 Å². The Balaban J connectivity index is 2.03. The van der Waals surface area contributed by atoms with E-state index in [1.54, 1.807) is 12.5 Å². The summed E-state index contributed by atoms with van der Waals surface area (Å²) in [5.41, 5.74) is 7.89. The van der Waals surface area contributed by atoms with Crippen LogP contribution in [0, 0.1) is 0 Å². The second kappa shape index (κ2) is 4.40. The zero-order valence-electron chi connectivity index (χ0n) is 10.5. The van der Waals surface area contributed by atoms with E-state index in [2.05, 4.69) is 15.0 Å². The van der Waals surface area contributed by atoms with Crippen molar-refractivity contribution < 1.29 is 0 Å². The number of aryl methyl sites for hydroxylation is 1. The molecule has 2 aromatic rings. The van der Waals surface area contributed by atoms with Gasteiger partial charge in [-0.1, -0.05) is 12.8 Å². The van der Waals surface area contributed by atoms with Gasteiger partial charge in [0.05, 0.1) is 12.5 Å². The van der Waals surface area contributed by atoms with Gasteiger partial charge in [-0.2, -0.15) is 0 Å². The molecule has 0 saturated heterocycles. The Kier molecular flexibility index (Phi) is 2.74. The summed E-state index contributed by atoms with van der Waals surface area (Å²) in [7, 11) is 1.93. The van der Waals surface area contributed by atoms with Gasteiger partial charge in [-0.15, -0.1) is 0 Å². The Hall–Kier alpha value is -1.91. The van der Waals surface area contributed by atoms with Gasteiger partial charge in [-0.3, -0.25) is 0 Å². The molecule has 2 aromatic heterocycles. The number of hydrogen-bond donors (Lipinski definition) is 1. The highest BCUT2D eigenvalue weighted by Crippen LogP contribution is 2.34. The molecule has 0 unspecified atom stereocenters. The van der Waals surface area contributed by atoms with E-state index in [9.17, 15) is 0 Å². The van der Waals surface area contributed by atoms with Crippen LogP contribution in [0.1, 0.15) is 37.3 Å². The minimum absolute atomic E-state index is 0.544. The first kappa shape index (κ1) is 11.2. The minimum atomic E-state index is 0.544. The molecule has 18 heavy (non-hydrogen) atoms. The first-order chi connectivity index (χ1) is 8.74. The summed E-state index contributed by atoms with van der Waals surface area (Å²) in [6.45, 7) is 0. The zero-order chi connectivity index (χ0) is 12.5. The predicted octanol–water partition coefficient (Wildman–Crippen LogP) is 2.12. The van der Waals surface area contributed by atoms with Gasteiger partial charge in [0.1, 0.15) is 11.5 Å². The Morgan fingerprint density at radius 1 is 1.28 bits per heavy atom. The average Bonchev–Trinajstić information content (AvgIpc) is 2.98. The summed E-state index contributed by atoms with van der Waals surface area (Å²) in [5, 5.41) is 0. The van der Waals surface area contributed by atoms with Gasteiger partial charge in [0.25, 0.3) is 0 Å². The maximum atomic E-state index is 5.90. The Bertz CT molecular complexity index is 554. The summed E-state index contributed by atoms with van der Waals surface area (Å²) in [6, 6.07) is 1.91. The molecule has 5 heteroatoms. The van der Waals surface area contributed by atoms with Gasteiger partial charge >= 0.3 is 0 Å². The monoisotopic (exact) mass is 243 g/mol. The Morgan fingerprint density at radius 2 is 2.06 bits per heavy atom. The minimum Gasteiger partial charge on any atom is -0.384 e. The third-order valence-corrected chi connectivity index (χ3v) is 3.58. The number of anilines is 1. The number of imidazole rings is 1. The van der Waals surface area contributed by atoms with E-state index in [0.29, 0.717) is 17.6 Å². The van der Waals surface area contributed by atoms with E-state index >= 15 is 0 Å².